The van der Waals surface area contributed by atoms with E-state index in [1.54, 1.807) is 18.2 Å². The van der Waals surface area contributed by atoms with Gasteiger partial charge in [-0.05, 0) is 12.1 Å². The Labute approximate surface area is 122 Å². The van der Waals surface area contributed by atoms with Gasteiger partial charge in [0.15, 0.2) is 16.1 Å². The molecule has 0 amide bonds. The molecule has 0 bridgehead atoms. The Bertz CT molecular complexity index is 557. The number of hydrogen-bond donors (Lipinski definition) is 3. The van der Waals surface area contributed by atoms with Crippen molar-refractivity contribution in [2.75, 3.05) is 12.9 Å². The third-order valence-electron chi connectivity index (χ3n) is 3.39. The summed E-state index contributed by atoms with van der Waals surface area (Å²) in [6, 6.07) is 7.72. The number of ether oxygens (including phenoxy) is 2. The van der Waals surface area contributed by atoms with Crippen molar-refractivity contribution in [3.8, 4) is 0 Å². The van der Waals surface area contributed by atoms with Crippen LogP contribution < -0.4 is 0 Å². The predicted octanol–water partition coefficient (Wildman–Crippen LogP) is -1.09. The molecule has 1 aromatic rings. The number of aliphatic hydroxyl groups excluding tert-OH is 3. The lowest BCUT2D eigenvalue weighted by Gasteiger charge is -2.39. The molecule has 1 aliphatic heterocycles. The summed E-state index contributed by atoms with van der Waals surface area (Å²) in [4.78, 5) is 0.0929. The van der Waals surface area contributed by atoms with E-state index in [2.05, 4.69) is 0 Å². The molecule has 3 N–H and O–H groups in total. The van der Waals surface area contributed by atoms with Crippen LogP contribution in [0.25, 0.3) is 0 Å². The lowest BCUT2D eigenvalue weighted by Crippen LogP contribution is -2.59. The summed E-state index contributed by atoms with van der Waals surface area (Å²) in [6.07, 6.45) is -6.90. The molecule has 1 heterocycles. The second-order valence-electron chi connectivity index (χ2n) is 4.84. The molecule has 8 heteroatoms. The maximum Gasteiger partial charge on any atom is 0.186 e. The number of rotatable bonds is 4. The summed E-state index contributed by atoms with van der Waals surface area (Å²) in [7, 11) is -2.45. The van der Waals surface area contributed by atoms with E-state index in [4.69, 9.17) is 9.47 Å². The maximum atomic E-state index is 12.3. The molecule has 7 nitrogen and oxygen atoms in total. The fourth-order valence-electron chi connectivity index (χ4n) is 2.19. The van der Waals surface area contributed by atoms with E-state index in [9.17, 15) is 23.7 Å². The average Bonchev–Trinajstić information content (AvgIpc) is 2.48. The van der Waals surface area contributed by atoms with Crippen molar-refractivity contribution < 1.29 is 33.2 Å². The highest BCUT2D eigenvalue weighted by Crippen LogP contribution is 2.24. The van der Waals surface area contributed by atoms with Gasteiger partial charge in [0.25, 0.3) is 0 Å². The molecule has 1 fully saturated rings. The number of aliphatic hydroxyl groups is 3. The quantitative estimate of drug-likeness (QED) is 0.647. The van der Waals surface area contributed by atoms with Crippen LogP contribution in [0.15, 0.2) is 35.2 Å². The summed E-state index contributed by atoms with van der Waals surface area (Å²) < 4.78 is 34.6. The Morgan fingerprint density at radius 2 is 1.71 bits per heavy atom. The van der Waals surface area contributed by atoms with Crippen LogP contribution in [0.2, 0.25) is 0 Å². The molecule has 0 saturated carbocycles. The van der Waals surface area contributed by atoms with Gasteiger partial charge in [-0.1, -0.05) is 18.2 Å². The zero-order chi connectivity index (χ0) is 15.6. The highest BCUT2D eigenvalue weighted by molar-refractivity contribution is 7.91. The monoisotopic (exact) mass is 318 g/mol. The fraction of sp³-hybridized carbons (Fsp3) is 0.538. The summed E-state index contributed by atoms with van der Waals surface area (Å²) in [5.74, 6) is -0.526. The minimum Gasteiger partial charge on any atom is -0.388 e. The van der Waals surface area contributed by atoms with E-state index in [0.29, 0.717) is 0 Å². The Morgan fingerprint density at radius 3 is 2.29 bits per heavy atom. The van der Waals surface area contributed by atoms with Crippen molar-refractivity contribution in [1.29, 1.82) is 0 Å². The Kier molecular flexibility index (Phi) is 4.97. The first-order valence-corrected chi connectivity index (χ1v) is 8.02. The molecule has 0 radical (unpaired) electrons. The van der Waals surface area contributed by atoms with Gasteiger partial charge >= 0.3 is 0 Å². The summed E-state index contributed by atoms with van der Waals surface area (Å²) >= 11 is 0. The van der Waals surface area contributed by atoms with E-state index in [1.165, 1.54) is 19.2 Å². The van der Waals surface area contributed by atoms with Crippen LogP contribution in [0.3, 0.4) is 0 Å². The Morgan fingerprint density at radius 1 is 1.10 bits per heavy atom. The molecule has 0 spiro atoms. The van der Waals surface area contributed by atoms with E-state index in [-0.39, 0.29) is 4.90 Å². The van der Waals surface area contributed by atoms with Gasteiger partial charge in [0.1, 0.15) is 24.4 Å². The standard InChI is InChI=1S/C13H18O7S/c1-19-13-12(16)11(15)10(14)9(20-13)7-21(17,18)8-5-3-2-4-6-8/h2-6,9-16H,7H2,1H3/t9-,10-,11+,12+,13+/m1/s1. The third kappa shape index (κ3) is 3.42. The first-order chi connectivity index (χ1) is 9.86. The van der Waals surface area contributed by atoms with Gasteiger partial charge in [-0.15, -0.1) is 0 Å². The van der Waals surface area contributed by atoms with Gasteiger partial charge in [-0.3, -0.25) is 0 Å². The third-order valence-corrected chi connectivity index (χ3v) is 5.14. The molecule has 118 valence electrons. The molecule has 1 saturated heterocycles. The lowest BCUT2D eigenvalue weighted by molar-refractivity contribution is -0.285. The molecule has 1 aromatic carbocycles. The van der Waals surface area contributed by atoms with Gasteiger partial charge in [-0.25, -0.2) is 8.42 Å². The van der Waals surface area contributed by atoms with Crippen molar-refractivity contribution in [1.82, 2.24) is 0 Å². The first kappa shape index (κ1) is 16.3. The fourth-order valence-corrected chi connectivity index (χ4v) is 3.66. The number of methoxy groups -OCH3 is 1. The summed E-state index contributed by atoms with van der Waals surface area (Å²) in [5, 5.41) is 29.2. The molecular formula is C13H18O7S. The van der Waals surface area contributed by atoms with Gasteiger partial charge in [0.2, 0.25) is 0 Å². The van der Waals surface area contributed by atoms with E-state index >= 15 is 0 Å². The minimum atomic E-state index is -3.70. The molecule has 1 aliphatic rings. The first-order valence-electron chi connectivity index (χ1n) is 6.37. The Hall–Kier alpha value is -1.03. The van der Waals surface area contributed by atoms with E-state index < -0.39 is 46.3 Å². The van der Waals surface area contributed by atoms with Gasteiger partial charge < -0.3 is 24.8 Å². The van der Waals surface area contributed by atoms with Crippen LogP contribution in [0.4, 0.5) is 0 Å². The van der Waals surface area contributed by atoms with Crippen LogP contribution in [-0.2, 0) is 19.3 Å². The van der Waals surface area contributed by atoms with Crippen molar-refractivity contribution in [2.45, 2.75) is 35.6 Å². The molecule has 0 aromatic heterocycles. The average molecular weight is 318 g/mol. The molecule has 2 rings (SSSR count). The van der Waals surface area contributed by atoms with Gasteiger partial charge in [0, 0.05) is 7.11 Å². The zero-order valence-electron chi connectivity index (χ0n) is 11.4. The van der Waals surface area contributed by atoms with Crippen molar-refractivity contribution in [3.63, 3.8) is 0 Å². The van der Waals surface area contributed by atoms with Crippen LogP contribution in [-0.4, -0.2) is 67.3 Å². The topological polar surface area (TPSA) is 113 Å². The highest BCUT2D eigenvalue weighted by atomic mass is 32.2. The Balaban J connectivity index is 2.18. The lowest BCUT2D eigenvalue weighted by atomic mass is 10.00. The second kappa shape index (κ2) is 6.39. The predicted molar refractivity (Wildman–Crippen MR) is 72.2 cm³/mol. The van der Waals surface area contributed by atoms with Crippen LogP contribution >= 0.6 is 0 Å². The normalized spacial score (nSPS) is 33.8. The highest BCUT2D eigenvalue weighted by Gasteiger charge is 2.45. The largest absolute Gasteiger partial charge is 0.388 e. The van der Waals surface area contributed by atoms with Crippen molar-refractivity contribution in [2.24, 2.45) is 0 Å². The van der Waals surface area contributed by atoms with Crippen LogP contribution in [0, 0.1) is 0 Å². The minimum absolute atomic E-state index is 0.0929. The van der Waals surface area contributed by atoms with Crippen LogP contribution in [0.5, 0.6) is 0 Å². The SMILES string of the molecule is CO[C@H]1O[C@H](CS(=O)(=O)c2ccccc2)[C@@H](O)[C@H](O)[C@@H]1O. The molecule has 0 aliphatic carbocycles. The summed E-state index contributed by atoms with van der Waals surface area (Å²) in [6.45, 7) is 0. The summed E-state index contributed by atoms with van der Waals surface area (Å²) in [5.41, 5.74) is 0. The van der Waals surface area contributed by atoms with Crippen LogP contribution in [0.1, 0.15) is 0 Å². The number of sulfone groups is 1. The number of benzene rings is 1. The zero-order valence-corrected chi connectivity index (χ0v) is 12.2. The molecular weight excluding hydrogens is 300 g/mol. The molecule has 0 unspecified atom stereocenters. The smallest absolute Gasteiger partial charge is 0.186 e. The second-order valence-corrected chi connectivity index (χ2v) is 6.88. The molecule has 5 atom stereocenters. The van der Waals surface area contributed by atoms with Crippen molar-refractivity contribution >= 4 is 9.84 Å². The van der Waals surface area contributed by atoms with Gasteiger partial charge in [0.05, 0.1) is 10.6 Å². The van der Waals surface area contributed by atoms with E-state index in [1.807, 2.05) is 0 Å². The molecule has 21 heavy (non-hydrogen) atoms. The maximum absolute atomic E-state index is 12.3. The van der Waals surface area contributed by atoms with Gasteiger partial charge in [-0.2, -0.15) is 0 Å². The van der Waals surface area contributed by atoms with Crippen molar-refractivity contribution in [3.05, 3.63) is 30.3 Å². The number of hydrogen-bond acceptors (Lipinski definition) is 7. The van der Waals surface area contributed by atoms with E-state index in [0.717, 1.165) is 0 Å².